The summed E-state index contributed by atoms with van der Waals surface area (Å²) in [4.78, 5) is 0. The maximum absolute atomic E-state index is 12.3. The van der Waals surface area contributed by atoms with E-state index in [4.69, 9.17) is 16.3 Å². The van der Waals surface area contributed by atoms with Crippen molar-refractivity contribution in [3.63, 3.8) is 0 Å². The molecule has 0 atom stereocenters. The highest BCUT2D eigenvalue weighted by molar-refractivity contribution is 7.89. The second kappa shape index (κ2) is 6.29. The first-order valence-corrected chi connectivity index (χ1v) is 8.27. The molecule has 0 aromatic heterocycles. The fraction of sp³-hybridized carbons (Fsp3) is 0.200. The molecule has 2 aromatic carbocycles. The summed E-state index contributed by atoms with van der Waals surface area (Å²) in [5, 5.41) is 0.496. The van der Waals surface area contributed by atoms with Crippen LogP contribution in [0.25, 0.3) is 0 Å². The Hall–Kier alpha value is -1.52. The molecule has 0 unspecified atom stereocenters. The summed E-state index contributed by atoms with van der Waals surface area (Å²) >= 11 is 5.91. The van der Waals surface area contributed by atoms with Gasteiger partial charge in [0.2, 0.25) is 0 Å². The highest BCUT2D eigenvalue weighted by Crippen LogP contribution is 2.25. The van der Waals surface area contributed by atoms with E-state index in [9.17, 15) is 8.42 Å². The van der Waals surface area contributed by atoms with Crippen molar-refractivity contribution in [3.05, 3.63) is 64.7 Å². The van der Waals surface area contributed by atoms with Gasteiger partial charge in [-0.1, -0.05) is 41.9 Å². The van der Waals surface area contributed by atoms with Crippen LogP contribution >= 0.6 is 11.6 Å². The molecule has 0 spiro atoms. The average Bonchev–Trinajstić information content (AvgIpc) is 2.39. The Balaban J connectivity index is 2.22. The van der Waals surface area contributed by atoms with Crippen molar-refractivity contribution in [2.75, 3.05) is 7.11 Å². The summed E-state index contributed by atoms with van der Waals surface area (Å²) in [6.07, 6.45) is 0. The minimum atomic E-state index is -3.28. The van der Waals surface area contributed by atoms with Crippen LogP contribution in [-0.2, 0) is 21.3 Å². The summed E-state index contributed by atoms with van der Waals surface area (Å²) in [6.45, 7) is 0. The van der Waals surface area contributed by atoms with Crippen LogP contribution in [0.2, 0.25) is 5.02 Å². The fourth-order valence-electron chi connectivity index (χ4n) is 1.98. The van der Waals surface area contributed by atoms with Crippen LogP contribution < -0.4 is 4.74 Å². The van der Waals surface area contributed by atoms with Gasteiger partial charge in [-0.25, -0.2) is 8.42 Å². The third kappa shape index (κ3) is 3.99. The van der Waals surface area contributed by atoms with Crippen molar-refractivity contribution < 1.29 is 13.2 Å². The zero-order valence-electron chi connectivity index (χ0n) is 11.0. The molecule has 5 heteroatoms. The van der Waals surface area contributed by atoms with Gasteiger partial charge in [-0.2, -0.15) is 0 Å². The lowest BCUT2D eigenvalue weighted by molar-refractivity contribution is 0.411. The normalized spacial score (nSPS) is 11.3. The van der Waals surface area contributed by atoms with E-state index in [0.29, 0.717) is 16.3 Å². The minimum Gasteiger partial charge on any atom is -0.496 e. The lowest BCUT2D eigenvalue weighted by Gasteiger charge is -2.10. The number of halogens is 1. The molecule has 2 rings (SSSR count). The van der Waals surface area contributed by atoms with Gasteiger partial charge in [0.15, 0.2) is 9.84 Å². The number of methoxy groups -OCH3 is 1. The predicted octanol–water partition coefficient (Wildman–Crippen LogP) is 3.46. The van der Waals surface area contributed by atoms with Gasteiger partial charge < -0.3 is 4.74 Å². The molecule has 0 amide bonds. The van der Waals surface area contributed by atoms with Crippen molar-refractivity contribution in [2.24, 2.45) is 0 Å². The van der Waals surface area contributed by atoms with E-state index in [1.54, 1.807) is 30.3 Å². The molecular formula is C15H15ClO3S. The molecule has 20 heavy (non-hydrogen) atoms. The van der Waals surface area contributed by atoms with E-state index in [1.165, 1.54) is 7.11 Å². The Bertz CT molecular complexity index is 682. The zero-order valence-corrected chi connectivity index (χ0v) is 12.6. The van der Waals surface area contributed by atoms with Crippen LogP contribution in [0.4, 0.5) is 0 Å². The van der Waals surface area contributed by atoms with Gasteiger partial charge in [0.25, 0.3) is 0 Å². The number of sulfone groups is 1. The summed E-state index contributed by atoms with van der Waals surface area (Å²) < 4.78 is 29.7. The molecule has 0 heterocycles. The first-order valence-electron chi connectivity index (χ1n) is 6.07. The first kappa shape index (κ1) is 14.9. The SMILES string of the molecule is COc1ccc(Cl)cc1CS(=O)(=O)Cc1ccccc1. The Morgan fingerprint density at radius 2 is 1.75 bits per heavy atom. The highest BCUT2D eigenvalue weighted by atomic mass is 35.5. The standard InChI is InChI=1S/C15H15ClO3S/c1-19-15-8-7-14(16)9-13(15)11-20(17,18)10-12-5-3-2-4-6-12/h2-9H,10-11H2,1H3. The van der Waals surface area contributed by atoms with Crippen molar-refractivity contribution >= 4 is 21.4 Å². The van der Waals surface area contributed by atoms with Crippen molar-refractivity contribution in [2.45, 2.75) is 11.5 Å². The second-order valence-corrected chi connectivity index (χ2v) is 6.97. The molecule has 106 valence electrons. The van der Waals surface area contributed by atoms with Crippen LogP contribution in [0.1, 0.15) is 11.1 Å². The molecule has 0 bridgehead atoms. The van der Waals surface area contributed by atoms with Gasteiger partial charge in [0.05, 0.1) is 18.6 Å². The van der Waals surface area contributed by atoms with E-state index in [-0.39, 0.29) is 11.5 Å². The van der Waals surface area contributed by atoms with Crippen molar-refractivity contribution in [3.8, 4) is 5.75 Å². The number of rotatable bonds is 5. The van der Waals surface area contributed by atoms with Gasteiger partial charge in [-0.05, 0) is 23.8 Å². The topological polar surface area (TPSA) is 43.4 Å². The first-order chi connectivity index (χ1) is 9.50. The molecule has 0 saturated carbocycles. The third-order valence-electron chi connectivity index (χ3n) is 2.85. The van der Waals surface area contributed by atoms with Gasteiger partial charge in [0, 0.05) is 10.6 Å². The van der Waals surface area contributed by atoms with Gasteiger partial charge in [0.1, 0.15) is 5.75 Å². The summed E-state index contributed by atoms with van der Waals surface area (Å²) in [6, 6.07) is 14.1. The molecule has 0 N–H and O–H groups in total. The van der Waals surface area contributed by atoms with Gasteiger partial charge in [-0.3, -0.25) is 0 Å². The number of benzene rings is 2. The maximum Gasteiger partial charge on any atom is 0.158 e. The van der Waals surface area contributed by atoms with E-state index < -0.39 is 9.84 Å². The molecule has 3 nitrogen and oxygen atoms in total. The van der Waals surface area contributed by atoms with E-state index >= 15 is 0 Å². The molecule has 0 aliphatic carbocycles. The largest absolute Gasteiger partial charge is 0.496 e. The lowest BCUT2D eigenvalue weighted by Crippen LogP contribution is -2.08. The zero-order chi connectivity index (χ0) is 14.6. The molecule has 0 radical (unpaired) electrons. The van der Waals surface area contributed by atoms with E-state index in [0.717, 1.165) is 5.56 Å². The summed E-state index contributed by atoms with van der Waals surface area (Å²) in [5.74, 6) is 0.445. The quantitative estimate of drug-likeness (QED) is 0.849. The number of hydrogen-bond acceptors (Lipinski definition) is 3. The van der Waals surface area contributed by atoms with Gasteiger partial charge >= 0.3 is 0 Å². The predicted molar refractivity (Wildman–Crippen MR) is 80.8 cm³/mol. The molecule has 0 saturated heterocycles. The molecule has 2 aromatic rings. The molecule has 0 aliphatic heterocycles. The number of ether oxygens (including phenoxy) is 1. The third-order valence-corrected chi connectivity index (χ3v) is 4.61. The van der Waals surface area contributed by atoms with Crippen LogP contribution in [0, 0.1) is 0 Å². The second-order valence-electron chi connectivity index (χ2n) is 4.47. The Kier molecular flexibility index (Phi) is 4.68. The Labute approximate surface area is 124 Å². The van der Waals surface area contributed by atoms with Crippen molar-refractivity contribution in [1.29, 1.82) is 0 Å². The van der Waals surface area contributed by atoms with Crippen LogP contribution in [0.15, 0.2) is 48.5 Å². The molecular weight excluding hydrogens is 296 g/mol. The molecule has 0 fully saturated rings. The number of hydrogen-bond donors (Lipinski definition) is 0. The van der Waals surface area contributed by atoms with Crippen LogP contribution in [-0.4, -0.2) is 15.5 Å². The lowest BCUT2D eigenvalue weighted by atomic mass is 10.2. The average molecular weight is 311 g/mol. The Morgan fingerprint density at radius 3 is 2.40 bits per heavy atom. The maximum atomic E-state index is 12.3. The fourth-order valence-corrected chi connectivity index (χ4v) is 3.67. The molecule has 0 aliphatic rings. The highest BCUT2D eigenvalue weighted by Gasteiger charge is 2.16. The van der Waals surface area contributed by atoms with Crippen LogP contribution in [0.3, 0.4) is 0 Å². The summed E-state index contributed by atoms with van der Waals surface area (Å²) in [7, 11) is -1.77. The van der Waals surface area contributed by atoms with Crippen LogP contribution in [0.5, 0.6) is 5.75 Å². The van der Waals surface area contributed by atoms with E-state index in [2.05, 4.69) is 0 Å². The van der Waals surface area contributed by atoms with Gasteiger partial charge in [-0.15, -0.1) is 0 Å². The minimum absolute atomic E-state index is 0.00348. The Morgan fingerprint density at radius 1 is 1.05 bits per heavy atom. The van der Waals surface area contributed by atoms with Crippen molar-refractivity contribution in [1.82, 2.24) is 0 Å². The summed E-state index contributed by atoms with van der Waals surface area (Å²) in [5.41, 5.74) is 1.35. The van der Waals surface area contributed by atoms with E-state index in [1.807, 2.05) is 18.2 Å². The smallest absolute Gasteiger partial charge is 0.158 e. The monoisotopic (exact) mass is 310 g/mol.